The predicted molar refractivity (Wildman–Crippen MR) is 141 cm³/mol. The molecular formula is C30H36O8. The van der Waals surface area contributed by atoms with E-state index in [-0.39, 0.29) is 34.3 Å². The average molecular weight is 525 g/mol. The number of carboxylic acid groups (broad SMARTS) is 2. The van der Waals surface area contributed by atoms with Crippen molar-refractivity contribution < 1.29 is 39.0 Å². The fourth-order valence-corrected chi connectivity index (χ4v) is 4.14. The molecule has 0 aromatic carbocycles. The van der Waals surface area contributed by atoms with Crippen LogP contribution in [0.4, 0.5) is 0 Å². The fraction of sp³-hybridized carbons (Fsp3) is 0.467. The van der Waals surface area contributed by atoms with Crippen LogP contribution in [0.2, 0.25) is 0 Å². The molecule has 8 heteroatoms. The standard InChI is InChI=1S/C30H36O8/c1-29(2,27(35)36)13-7-5-9-19-15-23(31)17-21(25(19)33)11-12-22-18-24(32)16-20(26(22)34)10-6-8-14-30(3,4)28(37)38/h11-12,15-18H,5-10,13-14H2,1-4H3,(H,35,36)(H,37,38). The summed E-state index contributed by atoms with van der Waals surface area (Å²) in [5.41, 5.74) is -0.841. The second-order valence-electron chi connectivity index (χ2n) is 11.1. The first-order valence-electron chi connectivity index (χ1n) is 12.8. The molecule has 0 aliphatic heterocycles. The highest BCUT2D eigenvalue weighted by Gasteiger charge is 2.28. The van der Waals surface area contributed by atoms with Crippen molar-refractivity contribution in [2.75, 3.05) is 0 Å². The molecule has 0 atom stereocenters. The molecule has 8 nitrogen and oxygen atoms in total. The van der Waals surface area contributed by atoms with Gasteiger partial charge in [0.25, 0.3) is 0 Å². The first-order chi connectivity index (χ1) is 17.6. The Labute approximate surface area is 222 Å². The van der Waals surface area contributed by atoms with Gasteiger partial charge in [-0.15, -0.1) is 0 Å². The lowest BCUT2D eigenvalue weighted by atomic mass is 9.85. The van der Waals surface area contributed by atoms with Crippen molar-refractivity contribution in [2.45, 2.75) is 79.1 Å². The van der Waals surface area contributed by atoms with E-state index in [1.165, 1.54) is 36.5 Å². The maximum Gasteiger partial charge on any atom is 0.309 e. The molecule has 2 rings (SSSR count). The first-order valence-corrected chi connectivity index (χ1v) is 12.8. The van der Waals surface area contributed by atoms with Gasteiger partial charge in [-0.1, -0.05) is 25.0 Å². The van der Waals surface area contributed by atoms with Crippen LogP contribution < -0.4 is 0 Å². The van der Waals surface area contributed by atoms with Crippen LogP contribution in [0.3, 0.4) is 0 Å². The van der Waals surface area contributed by atoms with Gasteiger partial charge in [-0.25, -0.2) is 0 Å². The summed E-state index contributed by atoms with van der Waals surface area (Å²) in [6, 6.07) is 0. The third-order valence-corrected chi connectivity index (χ3v) is 6.93. The van der Waals surface area contributed by atoms with Gasteiger partial charge in [0.1, 0.15) is 0 Å². The number of unbranched alkanes of at least 4 members (excludes halogenated alkanes) is 2. The van der Waals surface area contributed by atoms with Crippen LogP contribution in [0.25, 0.3) is 0 Å². The second-order valence-corrected chi connectivity index (χ2v) is 11.1. The largest absolute Gasteiger partial charge is 0.481 e. The van der Waals surface area contributed by atoms with Gasteiger partial charge in [0.05, 0.1) is 10.8 Å². The summed E-state index contributed by atoms with van der Waals surface area (Å²) >= 11 is 0. The van der Waals surface area contributed by atoms with Crippen LogP contribution in [0.5, 0.6) is 0 Å². The number of ketones is 4. The summed E-state index contributed by atoms with van der Waals surface area (Å²) in [4.78, 5) is 72.7. The van der Waals surface area contributed by atoms with Gasteiger partial charge in [0.2, 0.25) is 0 Å². The van der Waals surface area contributed by atoms with Crippen molar-refractivity contribution in [2.24, 2.45) is 10.8 Å². The maximum absolute atomic E-state index is 12.9. The summed E-state index contributed by atoms with van der Waals surface area (Å²) in [5, 5.41) is 18.4. The lowest BCUT2D eigenvalue weighted by Gasteiger charge is -2.19. The van der Waals surface area contributed by atoms with E-state index in [2.05, 4.69) is 0 Å². The van der Waals surface area contributed by atoms with E-state index in [1.807, 2.05) is 0 Å². The molecule has 204 valence electrons. The number of hydrogen-bond donors (Lipinski definition) is 2. The quantitative estimate of drug-likeness (QED) is 0.241. The van der Waals surface area contributed by atoms with Crippen LogP contribution in [-0.4, -0.2) is 45.3 Å². The zero-order chi connectivity index (χ0) is 28.7. The Kier molecular flexibility index (Phi) is 10.2. The Balaban J connectivity index is 1.97. The van der Waals surface area contributed by atoms with E-state index in [4.69, 9.17) is 0 Å². The summed E-state index contributed by atoms with van der Waals surface area (Å²) < 4.78 is 0. The maximum atomic E-state index is 12.9. The van der Waals surface area contributed by atoms with Gasteiger partial charge < -0.3 is 10.2 Å². The van der Waals surface area contributed by atoms with Crippen molar-refractivity contribution in [1.82, 2.24) is 0 Å². The van der Waals surface area contributed by atoms with E-state index in [0.717, 1.165) is 0 Å². The van der Waals surface area contributed by atoms with Crippen LogP contribution in [-0.2, 0) is 28.8 Å². The minimum absolute atomic E-state index is 0.117. The van der Waals surface area contributed by atoms with Gasteiger partial charge in [0, 0.05) is 22.3 Å². The van der Waals surface area contributed by atoms with Crippen LogP contribution in [0.1, 0.15) is 79.1 Å². The molecule has 38 heavy (non-hydrogen) atoms. The highest BCUT2D eigenvalue weighted by molar-refractivity contribution is 6.23. The summed E-state index contributed by atoms with van der Waals surface area (Å²) in [7, 11) is 0. The van der Waals surface area contributed by atoms with Gasteiger partial charge >= 0.3 is 11.9 Å². The number of carbonyl (C=O) groups is 6. The Morgan fingerprint density at radius 3 is 1.29 bits per heavy atom. The Bertz CT molecular complexity index is 1090. The molecule has 0 unspecified atom stereocenters. The number of aliphatic carboxylic acids is 2. The zero-order valence-electron chi connectivity index (χ0n) is 22.5. The van der Waals surface area contributed by atoms with Gasteiger partial charge in [-0.3, -0.25) is 28.8 Å². The van der Waals surface area contributed by atoms with E-state index >= 15 is 0 Å². The van der Waals surface area contributed by atoms with Crippen LogP contribution in [0, 0.1) is 10.8 Å². The number of carboxylic acids is 2. The monoisotopic (exact) mass is 524 g/mol. The van der Waals surface area contributed by atoms with Crippen molar-refractivity contribution in [3.05, 3.63) is 58.7 Å². The average Bonchev–Trinajstić information content (AvgIpc) is 2.82. The molecule has 0 saturated carbocycles. The van der Waals surface area contributed by atoms with E-state index in [0.29, 0.717) is 62.5 Å². The number of carbonyl (C=O) groups excluding carboxylic acids is 4. The second kappa shape index (κ2) is 12.7. The summed E-state index contributed by atoms with van der Waals surface area (Å²) in [6.07, 6.45) is 11.5. The van der Waals surface area contributed by atoms with Crippen molar-refractivity contribution in [1.29, 1.82) is 0 Å². The molecule has 2 aliphatic carbocycles. The zero-order valence-corrected chi connectivity index (χ0v) is 22.5. The fourth-order valence-electron chi connectivity index (χ4n) is 4.14. The lowest BCUT2D eigenvalue weighted by Crippen LogP contribution is -2.23. The number of Topliss-reactive ketones (excluding diaryl/α,β-unsaturated/α-hetero) is 2. The highest BCUT2D eigenvalue weighted by Crippen LogP contribution is 2.28. The molecule has 2 aliphatic rings. The minimum atomic E-state index is -0.888. The Hall–Kier alpha value is -3.68. The third kappa shape index (κ3) is 8.43. The molecule has 0 bridgehead atoms. The molecule has 0 aromatic rings. The molecule has 0 amide bonds. The first kappa shape index (κ1) is 30.5. The highest BCUT2D eigenvalue weighted by atomic mass is 16.4. The van der Waals surface area contributed by atoms with Gasteiger partial charge in [-0.2, -0.15) is 0 Å². The predicted octanol–water partition coefficient (Wildman–Crippen LogP) is 4.89. The smallest absolute Gasteiger partial charge is 0.309 e. The van der Waals surface area contributed by atoms with Crippen molar-refractivity contribution in [3.8, 4) is 0 Å². The number of hydrogen-bond acceptors (Lipinski definition) is 6. The topological polar surface area (TPSA) is 143 Å². The number of rotatable bonds is 14. The molecular weight excluding hydrogens is 488 g/mol. The molecule has 0 spiro atoms. The summed E-state index contributed by atoms with van der Waals surface area (Å²) in [6.45, 7) is 6.56. The molecule has 0 radical (unpaired) electrons. The Morgan fingerprint density at radius 2 is 0.974 bits per heavy atom. The molecule has 0 saturated heterocycles. The molecule has 0 aromatic heterocycles. The van der Waals surface area contributed by atoms with Crippen LogP contribution in [0.15, 0.2) is 58.7 Å². The lowest BCUT2D eigenvalue weighted by molar-refractivity contribution is -0.148. The normalized spacial score (nSPS) is 16.8. The van der Waals surface area contributed by atoms with E-state index < -0.39 is 22.8 Å². The summed E-state index contributed by atoms with van der Waals surface area (Å²) in [5.74, 6) is -3.16. The van der Waals surface area contributed by atoms with Gasteiger partial charge in [-0.05, 0) is 90.5 Å². The molecule has 2 N–H and O–H groups in total. The third-order valence-electron chi connectivity index (χ3n) is 6.93. The van der Waals surface area contributed by atoms with Crippen molar-refractivity contribution >= 4 is 35.1 Å². The van der Waals surface area contributed by atoms with E-state index in [1.54, 1.807) is 27.7 Å². The Morgan fingerprint density at radius 1 is 0.632 bits per heavy atom. The minimum Gasteiger partial charge on any atom is -0.481 e. The number of allylic oxidation sites excluding steroid dienone is 10. The van der Waals surface area contributed by atoms with Crippen molar-refractivity contribution in [3.63, 3.8) is 0 Å². The van der Waals surface area contributed by atoms with E-state index in [9.17, 15) is 39.0 Å². The SMILES string of the molecule is CC(C)(CCCCC1=CC(=O)C=C(C=CC2=CC(=O)C=C(CCCCC(C)(C)C(=O)O)C2=O)C1=O)C(=O)O. The molecule has 0 heterocycles. The van der Waals surface area contributed by atoms with Gasteiger partial charge in [0.15, 0.2) is 23.1 Å². The van der Waals surface area contributed by atoms with Crippen LogP contribution >= 0.6 is 0 Å². The molecule has 0 fully saturated rings.